The first kappa shape index (κ1) is 5.69. The SMILES string of the molecule is C1C[C@@]2(CCOC2)CN1. The summed E-state index contributed by atoms with van der Waals surface area (Å²) < 4.78 is 5.34. The molecule has 1 atom stereocenters. The zero-order valence-corrected chi connectivity index (χ0v) is 5.65. The van der Waals surface area contributed by atoms with Crippen molar-refractivity contribution in [3.63, 3.8) is 0 Å². The number of rotatable bonds is 0. The summed E-state index contributed by atoms with van der Waals surface area (Å²) in [5.74, 6) is 0. The molecule has 2 aliphatic heterocycles. The van der Waals surface area contributed by atoms with Gasteiger partial charge in [0.2, 0.25) is 0 Å². The van der Waals surface area contributed by atoms with Crippen molar-refractivity contribution in [2.45, 2.75) is 12.8 Å². The second-order valence-electron chi connectivity index (χ2n) is 3.23. The monoisotopic (exact) mass is 127 g/mol. The van der Waals surface area contributed by atoms with Crippen molar-refractivity contribution in [3.8, 4) is 0 Å². The van der Waals surface area contributed by atoms with E-state index in [0.29, 0.717) is 5.41 Å². The zero-order valence-electron chi connectivity index (χ0n) is 5.65. The van der Waals surface area contributed by atoms with Gasteiger partial charge in [-0.05, 0) is 19.4 Å². The average Bonchev–Trinajstić information content (AvgIpc) is 2.45. The van der Waals surface area contributed by atoms with Gasteiger partial charge >= 0.3 is 0 Å². The maximum absolute atomic E-state index is 5.34. The van der Waals surface area contributed by atoms with Crippen LogP contribution in [0.25, 0.3) is 0 Å². The van der Waals surface area contributed by atoms with E-state index in [1.807, 2.05) is 0 Å². The Bertz CT molecular complexity index is 84.0. The largest absolute Gasteiger partial charge is 0.381 e. The molecule has 2 heteroatoms. The molecule has 2 fully saturated rings. The minimum Gasteiger partial charge on any atom is -0.381 e. The standard InChI is InChI=1S/C7H13NO/c1-3-8-5-7(1)2-4-9-6-7/h8H,1-6H2/t7-/m1/s1. The van der Waals surface area contributed by atoms with Crippen LogP contribution in [0, 0.1) is 5.41 Å². The number of hydrogen-bond donors (Lipinski definition) is 1. The molecule has 2 heterocycles. The van der Waals surface area contributed by atoms with Gasteiger partial charge in [0.05, 0.1) is 6.61 Å². The average molecular weight is 127 g/mol. The molecule has 9 heavy (non-hydrogen) atoms. The highest BCUT2D eigenvalue weighted by atomic mass is 16.5. The number of ether oxygens (including phenoxy) is 1. The summed E-state index contributed by atoms with van der Waals surface area (Å²) in [7, 11) is 0. The lowest BCUT2D eigenvalue weighted by atomic mass is 9.87. The fraction of sp³-hybridized carbons (Fsp3) is 1.00. The normalized spacial score (nSPS) is 42.7. The van der Waals surface area contributed by atoms with Crippen LogP contribution in [-0.4, -0.2) is 26.3 Å². The molecule has 0 aromatic carbocycles. The summed E-state index contributed by atoms with van der Waals surface area (Å²) in [6.07, 6.45) is 2.60. The van der Waals surface area contributed by atoms with Gasteiger partial charge in [0.1, 0.15) is 0 Å². The first-order valence-corrected chi connectivity index (χ1v) is 3.70. The molecule has 0 aliphatic carbocycles. The van der Waals surface area contributed by atoms with Crippen LogP contribution in [0.5, 0.6) is 0 Å². The fourth-order valence-electron chi connectivity index (χ4n) is 1.78. The van der Waals surface area contributed by atoms with Crippen molar-refractivity contribution in [3.05, 3.63) is 0 Å². The fourth-order valence-corrected chi connectivity index (χ4v) is 1.78. The topological polar surface area (TPSA) is 21.3 Å². The summed E-state index contributed by atoms with van der Waals surface area (Å²) in [4.78, 5) is 0. The van der Waals surface area contributed by atoms with E-state index in [2.05, 4.69) is 5.32 Å². The maximum Gasteiger partial charge on any atom is 0.0535 e. The minimum absolute atomic E-state index is 0.556. The molecule has 2 nitrogen and oxygen atoms in total. The first-order valence-electron chi connectivity index (χ1n) is 3.70. The van der Waals surface area contributed by atoms with Gasteiger partial charge in [-0.25, -0.2) is 0 Å². The van der Waals surface area contributed by atoms with Crippen LogP contribution in [0.1, 0.15) is 12.8 Å². The van der Waals surface area contributed by atoms with Crippen LogP contribution >= 0.6 is 0 Å². The molecule has 2 saturated heterocycles. The van der Waals surface area contributed by atoms with Crippen LogP contribution < -0.4 is 5.32 Å². The van der Waals surface area contributed by atoms with Gasteiger partial charge in [-0.2, -0.15) is 0 Å². The van der Waals surface area contributed by atoms with Crippen molar-refractivity contribution < 1.29 is 4.74 Å². The first-order chi connectivity index (χ1) is 4.41. The van der Waals surface area contributed by atoms with Crippen LogP contribution in [0.15, 0.2) is 0 Å². The van der Waals surface area contributed by atoms with E-state index in [0.717, 1.165) is 13.2 Å². The Balaban J connectivity index is 2.04. The lowest BCUT2D eigenvalue weighted by Crippen LogP contribution is -2.23. The Morgan fingerprint density at radius 1 is 1.33 bits per heavy atom. The van der Waals surface area contributed by atoms with E-state index in [-0.39, 0.29) is 0 Å². The molecule has 0 unspecified atom stereocenters. The lowest BCUT2D eigenvalue weighted by Gasteiger charge is -2.17. The molecule has 0 amide bonds. The molecule has 0 aromatic heterocycles. The molecule has 1 spiro atoms. The van der Waals surface area contributed by atoms with Gasteiger partial charge in [-0.1, -0.05) is 0 Å². The predicted molar refractivity (Wildman–Crippen MR) is 35.4 cm³/mol. The third-order valence-corrected chi connectivity index (χ3v) is 2.52. The minimum atomic E-state index is 0.556. The van der Waals surface area contributed by atoms with E-state index in [1.165, 1.54) is 25.9 Å². The van der Waals surface area contributed by atoms with Gasteiger partial charge in [0.15, 0.2) is 0 Å². The second-order valence-corrected chi connectivity index (χ2v) is 3.23. The molecule has 1 N–H and O–H groups in total. The van der Waals surface area contributed by atoms with Gasteiger partial charge in [-0.3, -0.25) is 0 Å². The summed E-state index contributed by atoms with van der Waals surface area (Å²) >= 11 is 0. The Hall–Kier alpha value is -0.0800. The Morgan fingerprint density at radius 3 is 2.89 bits per heavy atom. The zero-order chi connectivity index (χ0) is 6.16. The van der Waals surface area contributed by atoms with Crippen molar-refractivity contribution in [2.75, 3.05) is 26.3 Å². The van der Waals surface area contributed by atoms with Crippen LogP contribution in [0.3, 0.4) is 0 Å². The Labute approximate surface area is 55.6 Å². The highest BCUT2D eigenvalue weighted by molar-refractivity contribution is 4.90. The lowest BCUT2D eigenvalue weighted by molar-refractivity contribution is 0.160. The van der Waals surface area contributed by atoms with E-state index in [4.69, 9.17) is 4.74 Å². The quantitative estimate of drug-likeness (QED) is 0.508. The highest BCUT2D eigenvalue weighted by Gasteiger charge is 2.37. The Morgan fingerprint density at radius 2 is 2.33 bits per heavy atom. The highest BCUT2D eigenvalue weighted by Crippen LogP contribution is 2.33. The molecular formula is C7H13NO. The van der Waals surface area contributed by atoms with Gasteiger partial charge in [0.25, 0.3) is 0 Å². The molecule has 0 saturated carbocycles. The summed E-state index contributed by atoms with van der Waals surface area (Å²) in [5, 5.41) is 3.38. The van der Waals surface area contributed by atoms with Crippen molar-refractivity contribution in [1.82, 2.24) is 5.32 Å². The van der Waals surface area contributed by atoms with Crippen molar-refractivity contribution in [2.24, 2.45) is 5.41 Å². The predicted octanol–water partition coefficient (Wildman–Crippen LogP) is 0.386. The van der Waals surface area contributed by atoms with Gasteiger partial charge in [0, 0.05) is 18.6 Å². The van der Waals surface area contributed by atoms with E-state index < -0.39 is 0 Å². The van der Waals surface area contributed by atoms with Gasteiger partial charge in [-0.15, -0.1) is 0 Å². The van der Waals surface area contributed by atoms with Crippen LogP contribution in [0.2, 0.25) is 0 Å². The van der Waals surface area contributed by atoms with E-state index >= 15 is 0 Å². The van der Waals surface area contributed by atoms with Crippen LogP contribution in [0.4, 0.5) is 0 Å². The van der Waals surface area contributed by atoms with E-state index in [1.54, 1.807) is 0 Å². The van der Waals surface area contributed by atoms with Gasteiger partial charge < -0.3 is 10.1 Å². The third kappa shape index (κ3) is 0.864. The summed E-state index contributed by atoms with van der Waals surface area (Å²) in [6.45, 7) is 4.37. The Kier molecular flexibility index (Phi) is 1.24. The molecule has 2 rings (SSSR count). The number of nitrogens with one attached hydrogen (secondary N) is 1. The van der Waals surface area contributed by atoms with Crippen molar-refractivity contribution in [1.29, 1.82) is 0 Å². The van der Waals surface area contributed by atoms with E-state index in [9.17, 15) is 0 Å². The maximum atomic E-state index is 5.34. The van der Waals surface area contributed by atoms with Crippen molar-refractivity contribution >= 4 is 0 Å². The summed E-state index contributed by atoms with van der Waals surface area (Å²) in [6, 6.07) is 0. The van der Waals surface area contributed by atoms with Crippen LogP contribution in [-0.2, 0) is 4.74 Å². The summed E-state index contributed by atoms with van der Waals surface area (Å²) in [5.41, 5.74) is 0.556. The molecule has 0 radical (unpaired) electrons. The molecule has 0 bridgehead atoms. The molecule has 2 aliphatic rings. The molecule has 52 valence electrons. The molecular weight excluding hydrogens is 114 g/mol. The smallest absolute Gasteiger partial charge is 0.0535 e. The second kappa shape index (κ2) is 1.96. The molecule has 0 aromatic rings. The number of hydrogen-bond acceptors (Lipinski definition) is 2. The third-order valence-electron chi connectivity index (χ3n) is 2.52.